The van der Waals surface area contributed by atoms with Crippen LogP contribution in [0.2, 0.25) is 0 Å². The molecule has 0 aliphatic carbocycles. The van der Waals surface area contributed by atoms with Gasteiger partial charge in [-0.1, -0.05) is 12.2 Å². The summed E-state index contributed by atoms with van der Waals surface area (Å²) >= 11 is 4.91. The predicted molar refractivity (Wildman–Crippen MR) is 79.6 cm³/mol. The number of hydrogen-bond acceptors (Lipinski definition) is 3. The van der Waals surface area contributed by atoms with E-state index in [1.54, 1.807) is 18.2 Å². The smallest absolute Gasteiger partial charge is 0.132 e. The number of methoxy groups -OCH3 is 1. The molecule has 6 heteroatoms. The summed E-state index contributed by atoms with van der Waals surface area (Å²) < 4.78 is 37.0. The highest BCUT2D eigenvalue weighted by Crippen LogP contribution is 2.24. The van der Waals surface area contributed by atoms with E-state index in [0.717, 1.165) is 6.07 Å². The molecule has 0 aliphatic rings. The van der Waals surface area contributed by atoms with Gasteiger partial charge in [0.2, 0.25) is 0 Å². The molecule has 0 heterocycles. The summed E-state index contributed by atoms with van der Waals surface area (Å²) in [4.78, 5) is 0.201. The van der Waals surface area contributed by atoms with Crippen molar-refractivity contribution in [2.45, 2.75) is 6.61 Å². The molecule has 0 amide bonds. The van der Waals surface area contributed by atoms with E-state index >= 15 is 0 Å². The maximum Gasteiger partial charge on any atom is 0.132 e. The van der Waals surface area contributed by atoms with E-state index in [4.69, 9.17) is 27.4 Å². The minimum Gasteiger partial charge on any atom is -0.497 e. The number of halogens is 2. The molecule has 0 unspecified atom stereocenters. The molecule has 110 valence electrons. The maximum absolute atomic E-state index is 13.5. The van der Waals surface area contributed by atoms with E-state index in [9.17, 15) is 8.78 Å². The highest BCUT2D eigenvalue weighted by atomic mass is 32.1. The van der Waals surface area contributed by atoms with Gasteiger partial charge in [-0.15, -0.1) is 0 Å². The SMILES string of the molecule is COc1cc(OCc2ccc(F)cc2F)cc(C(N)=S)c1. The van der Waals surface area contributed by atoms with E-state index in [0.29, 0.717) is 17.1 Å². The van der Waals surface area contributed by atoms with E-state index < -0.39 is 11.6 Å². The summed E-state index contributed by atoms with van der Waals surface area (Å²) in [6.07, 6.45) is 0. The van der Waals surface area contributed by atoms with Gasteiger partial charge in [0.1, 0.15) is 34.7 Å². The Morgan fingerprint density at radius 3 is 2.48 bits per heavy atom. The van der Waals surface area contributed by atoms with Crippen LogP contribution in [0.25, 0.3) is 0 Å². The zero-order valence-corrected chi connectivity index (χ0v) is 12.0. The Balaban J connectivity index is 2.19. The van der Waals surface area contributed by atoms with Crippen molar-refractivity contribution in [3.05, 3.63) is 59.2 Å². The summed E-state index contributed by atoms with van der Waals surface area (Å²) in [6.45, 7) is -0.0456. The van der Waals surface area contributed by atoms with Gasteiger partial charge in [0, 0.05) is 23.3 Å². The van der Waals surface area contributed by atoms with Crippen molar-refractivity contribution < 1.29 is 18.3 Å². The van der Waals surface area contributed by atoms with Gasteiger partial charge in [-0.3, -0.25) is 0 Å². The molecule has 2 aromatic carbocycles. The Morgan fingerprint density at radius 1 is 1.14 bits per heavy atom. The van der Waals surface area contributed by atoms with Crippen molar-refractivity contribution in [1.29, 1.82) is 0 Å². The lowest BCUT2D eigenvalue weighted by Crippen LogP contribution is -2.10. The van der Waals surface area contributed by atoms with Gasteiger partial charge in [-0.05, 0) is 24.3 Å². The van der Waals surface area contributed by atoms with Gasteiger partial charge in [0.05, 0.1) is 7.11 Å². The molecule has 2 rings (SSSR count). The van der Waals surface area contributed by atoms with Crippen LogP contribution in [0.3, 0.4) is 0 Å². The molecule has 0 aromatic heterocycles. The summed E-state index contributed by atoms with van der Waals surface area (Å²) in [6, 6.07) is 8.25. The first-order valence-electron chi connectivity index (χ1n) is 6.05. The molecule has 0 saturated carbocycles. The van der Waals surface area contributed by atoms with Crippen LogP contribution in [-0.2, 0) is 6.61 Å². The van der Waals surface area contributed by atoms with E-state index in [1.807, 2.05) is 0 Å². The third-order valence-electron chi connectivity index (χ3n) is 2.81. The molecule has 21 heavy (non-hydrogen) atoms. The number of rotatable bonds is 5. The largest absolute Gasteiger partial charge is 0.497 e. The van der Waals surface area contributed by atoms with Crippen LogP contribution in [0.1, 0.15) is 11.1 Å². The lowest BCUT2D eigenvalue weighted by atomic mass is 10.2. The van der Waals surface area contributed by atoms with Crippen LogP contribution < -0.4 is 15.2 Å². The van der Waals surface area contributed by atoms with Crippen LogP contribution >= 0.6 is 12.2 Å². The second-order valence-electron chi connectivity index (χ2n) is 4.29. The number of nitrogens with two attached hydrogens (primary N) is 1. The normalized spacial score (nSPS) is 10.2. The Morgan fingerprint density at radius 2 is 1.86 bits per heavy atom. The predicted octanol–water partition coefficient (Wildman–Crippen LogP) is 3.19. The van der Waals surface area contributed by atoms with Crippen molar-refractivity contribution >= 4 is 17.2 Å². The Bertz CT molecular complexity index is 677. The van der Waals surface area contributed by atoms with Crippen LogP contribution in [0.4, 0.5) is 8.78 Å². The van der Waals surface area contributed by atoms with Gasteiger partial charge in [-0.2, -0.15) is 0 Å². The Kier molecular flexibility index (Phi) is 4.70. The lowest BCUT2D eigenvalue weighted by Gasteiger charge is -2.11. The van der Waals surface area contributed by atoms with Crippen molar-refractivity contribution in [2.24, 2.45) is 5.73 Å². The van der Waals surface area contributed by atoms with Gasteiger partial charge < -0.3 is 15.2 Å². The first-order chi connectivity index (χ1) is 9.99. The van der Waals surface area contributed by atoms with E-state index in [2.05, 4.69) is 0 Å². The minimum absolute atomic E-state index is 0.0456. The van der Waals surface area contributed by atoms with Gasteiger partial charge >= 0.3 is 0 Å². The maximum atomic E-state index is 13.5. The summed E-state index contributed by atoms with van der Waals surface area (Å²) in [5.41, 5.74) is 6.40. The first kappa shape index (κ1) is 15.2. The standard InChI is InChI=1S/C15H13F2NO2S/c1-19-12-4-10(15(18)21)5-13(7-12)20-8-9-2-3-11(16)6-14(9)17/h2-7H,8H2,1H3,(H2,18,21). The van der Waals surface area contributed by atoms with E-state index in [1.165, 1.54) is 19.2 Å². The third kappa shape index (κ3) is 3.88. The molecule has 2 N–H and O–H groups in total. The number of hydrogen-bond donors (Lipinski definition) is 1. The van der Waals surface area contributed by atoms with Crippen LogP contribution in [-0.4, -0.2) is 12.1 Å². The molecule has 0 aliphatic heterocycles. The van der Waals surface area contributed by atoms with Gasteiger partial charge in [0.25, 0.3) is 0 Å². The second kappa shape index (κ2) is 6.49. The van der Waals surface area contributed by atoms with Crippen LogP contribution in [0, 0.1) is 11.6 Å². The third-order valence-corrected chi connectivity index (χ3v) is 3.05. The quantitative estimate of drug-likeness (QED) is 0.862. The summed E-state index contributed by atoms with van der Waals surface area (Å²) in [7, 11) is 1.50. The molecule has 0 bridgehead atoms. The van der Waals surface area contributed by atoms with Crippen molar-refractivity contribution in [3.8, 4) is 11.5 Å². The summed E-state index contributed by atoms with van der Waals surface area (Å²) in [5, 5.41) is 0. The van der Waals surface area contributed by atoms with Crippen molar-refractivity contribution in [1.82, 2.24) is 0 Å². The molecular weight excluding hydrogens is 296 g/mol. The fraction of sp³-hybridized carbons (Fsp3) is 0.133. The van der Waals surface area contributed by atoms with Crippen molar-refractivity contribution in [2.75, 3.05) is 7.11 Å². The molecule has 0 atom stereocenters. The molecule has 0 saturated heterocycles. The number of ether oxygens (including phenoxy) is 2. The Labute approximate surface area is 126 Å². The molecule has 0 radical (unpaired) electrons. The number of benzene rings is 2. The fourth-order valence-corrected chi connectivity index (χ4v) is 1.83. The average Bonchev–Trinajstić information content (AvgIpc) is 2.46. The molecule has 0 spiro atoms. The first-order valence-corrected chi connectivity index (χ1v) is 6.46. The summed E-state index contributed by atoms with van der Waals surface area (Å²) in [5.74, 6) is -0.336. The van der Waals surface area contributed by atoms with Crippen LogP contribution in [0.15, 0.2) is 36.4 Å². The van der Waals surface area contributed by atoms with Crippen LogP contribution in [0.5, 0.6) is 11.5 Å². The fourth-order valence-electron chi connectivity index (χ4n) is 1.72. The zero-order valence-electron chi connectivity index (χ0n) is 11.2. The van der Waals surface area contributed by atoms with Gasteiger partial charge in [0.15, 0.2) is 0 Å². The topological polar surface area (TPSA) is 44.5 Å². The average molecular weight is 309 g/mol. The number of thiocarbonyl (C=S) groups is 1. The highest BCUT2D eigenvalue weighted by Gasteiger charge is 2.08. The van der Waals surface area contributed by atoms with E-state index in [-0.39, 0.29) is 17.2 Å². The molecular formula is C15H13F2NO2S. The molecule has 2 aromatic rings. The highest BCUT2D eigenvalue weighted by molar-refractivity contribution is 7.80. The lowest BCUT2D eigenvalue weighted by molar-refractivity contribution is 0.297. The van der Waals surface area contributed by atoms with Crippen molar-refractivity contribution in [3.63, 3.8) is 0 Å². The second-order valence-corrected chi connectivity index (χ2v) is 4.73. The zero-order chi connectivity index (χ0) is 15.4. The molecule has 3 nitrogen and oxygen atoms in total. The van der Waals surface area contributed by atoms with Gasteiger partial charge in [-0.25, -0.2) is 8.78 Å². The monoisotopic (exact) mass is 309 g/mol. The Hall–Kier alpha value is -2.21. The molecule has 0 fully saturated rings. The minimum atomic E-state index is -0.660.